The van der Waals surface area contributed by atoms with E-state index in [4.69, 9.17) is 12.8 Å². The van der Waals surface area contributed by atoms with Crippen LogP contribution in [0.25, 0.3) is 0 Å². The second-order valence-corrected chi connectivity index (χ2v) is 7.57. The largest absolute Gasteiger partial charge is 0.377 e. The molecule has 0 radical (unpaired) electrons. The van der Waals surface area contributed by atoms with Gasteiger partial charge in [0.15, 0.2) is 0 Å². The molecule has 0 unspecified atom stereocenters. The van der Waals surface area contributed by atoms with E-state index in [1.165, 1.54) is 25.7 Å². The Morgan fingerprint density at radius 1 is 0.531 bits per heavy atom. The maximum atomic E-state index is 9.19. The van der Waals surface area contributed by atoms with Gasteiger partial charge in [-0.3, -0.25) is 0 Å². The molecule has 2 atom stereocenters. The van der Waals surface area contributed by atoms with E-state index in [1.807, 2.05) is 12.2 Å². The average molecular weight is 433 g/mol. The molecule has 0 amide bonds. The van der Waals surface area contributed by atoms with Gasteiger partial charge in [0.05, 0.1) is 0 Å². The standard InChI is InChI=1S/C30H40O2/c1-3-29(31)27-25-23-21-19-17-15-13-11-9-7-5-6-8-10-12-14-16-18-20-22-24-26-28-30(32)4-2/h1-2,5-6,25-32H,7-8,13-24H2/b6-5?,27-25+,28-26+/t29-,30-/m0/s1. The van der Waals surface area contributed by atoms with Gasteiger partial charge in [-0.1, -0.05) is 73.7 Å². The van der Waals surface area contributed by atoms with Crippen LogP contribution in [0.15, 0.2) is 36.5 Å². The number of aliphatic hydroxyl groups excluding tert-OH is 2. The van der Waals surface area contributed by atoms with E-state index in [1.54, 1.807) is 12.2 Å². The number of aliphatic hydroxyl groups is 2. The molecule has 0 aromatic rings. The number of terminal acetylenes is 2. The summed E-state index contributed by atoms with van der Waals surface area (Å²) in [6.45, 7) is 0. The van der Waals surface area contributed by atoms with Gasteiger partial charge in [-0.25, -0.2) is 0 Å². The monoisotopic (exact) mass is 432 g/mol. The minimum absolute atomic E-state index is 0.747. The van der Waals surface area contributed by atoms with Crippen LogP contribution in [0.5, 0.6) is 0 Å². The van der Waals surface area contributed by atoms with Crippen molar-refractivity contribution in [1.29, 1.82) is 0 Å². The van der Waals surface area contributed by atoms with Crippen molar-refractivity contribution in [1.82, 2.24) is 0 Å². The first-order valence-corrected chi connectivity index (χ1v) is 11.9. The van der Waals surface area contributed by atoms with E-state index in [0.29, 0.717) is 0 Å². The van der Waals surface area contributed by atoms with E-state index in [9.17, 15) is 10.2 Å². The van der Waals surface area contributed by atoms with Crippen LogP contribution in [0.1, 0.15) is 89.9 Å². The van der Waals surface area contributed by atoms with Crippen molar-refractivity contribution in [2.24, 2.45) is 0 Å². The first-order chi connectivity index (χ1) is 15.7. The highest BCUT2D eigenvalue weighted by atomic mass is 16.3. The maximum absolute atomic E-state index is 9.19. The fourth-order valence-electron chi connectivity index (χ4n) is 2.83. The zero-order chi connectivity index (χ0) is 23.5. The molecule has 0 aliphatic carbocycles. The van der Waals surface area contributed by atoms with Crippen LogP contribution in [0.4, 0.5) is 0 Å². The van der Waals surface area contributed by atoms with Crippen LogP contribution in [0, 0.1) is 48.4 Å². The lowest BCUT2D eigenvalue weighted by atomic mass is 10.1. The molecule has 0 aliphatic rings. The molecule has 0 rings (SSSR count). The third-order valence-corrected chi connectivity index (χ3v) is 4.68. The molecule has 0 bridgehead atoms. The third kappa shape index (κ3) is 23.7. The Balaban J connectivity index is 3.45. The van der Waals surface area contributed by atoms with E-state index in [2.05, 4.69) is 47.7 Å². The average Bonchev–Trinajstić information content (AvgIpc) is 2.81. The summed E-state index contributed by atoms with van der Waals surface area (Å²) in [6.07, 6.45) is 34.9. The van der Waals surface area contributed by atoms with Crippen LogP contribution in [0.3, 0.4) is 0 Å². The Morgan fingerprint density at radius 3 is 1.34 bits per heavy atom. The van der Waals surface area contributed by atoms with E-state index < -0.39 is 12.2 Å². The molecule has 2 nitrogen and oxygen atoms in total. The van der Waals surface area contributed by atoms with E-state index in [-0.39, 0.29) is 0 Å². The molecule has 0 aliphatic heterocycles. The topological polar surface area (TPSA) is 40.5 Å². The first-order valence-electron chi connectivity index (χ1n) is 11.9. The summed E-state index contributed by atoms with van der Waals surface area (Å²) in [7, 11) is 0. The van der Waals surface area contributed by atoms with E-state index >= 15 is 0 Å². The Kier molecular flexibility index (Phi) is 22.6. The van der Waals surface area contributed by atoms with Crippen molar-refractivity contribution < 1.29 is 10.2 Å². The fraction of sp³-hybridized carbons (Fsp3) is 0.533. The van der Waals surface area contributed by atoms with Gasteiger partial charge < -0.3 is 10.2 Å². The third-order valence-electron chi connectivity index (χ3n) is 4.68. The Morgan fingerprint density at radius 2 is 0.938 bits per heavy atom. The second-order valence-electron chi connectivity index (χ2n) is 7.57. The van der Waals surface area contributed by atoms with Crippen molar-refractivity contribution in [2.45, 2.75) is 102 Å². The van der Waals surface area contributed by atoms with Gasteiger partial charge in [0.1, 0.15) is 12.2 Å². The Labute approximate surface area is 197 Å². The highest BCUT2D eigenvalue weighted by Crippen LogP contribution is 2.06. The maximum Gasteiger partial charge on any atom is 0.133 e. The summed E-state index contributed by atoms with van der Waals surface area (Å²) >= 11 is 0. The first kappa shape index (κ1) is 29.4. The molecule has 2 N–H and O–H groups in total. The second kappa shape index (κ2) is 24.6. The molecule has 0 fully saturated rings. The van der Waals surface area contributed by atoms with Crippen molar-refractivity contribution in [3.05, 3.63) is 36.5 Å². The molecule has 0 saturated heterocycles. The lowest BCUT2D eigenvalue weighted by Crippen LogP contribution is -1.95. The summed E-state index contributed by atoms with van der Waals surface area (Å²) in [6, 6.07) is 0. The molecular weight excluding hydrogens is 392 g/mol. The molecule has 0 aromatic carbocycles. The number of unbranched alkanes of at least 4 members (excludes halogenated alkanes) is 10. The minimum Gasteiger partial charge on any atom is -0.377 e. The summed E-state index contributed by atoms with van der Waals surface area (Å²) in [5.74, 6) is 17.4. The Hall–Kier alpha value is -2.62. The summed E-state index contributed by atoms with van der Waals surface area (Å²) in [5, 5.41) is 18.4. The van der Waals surface area contributed by atoms with Crippen LogP contribution in [0.2, 0.25) is 0 Å². The minimum atomic E-state index is -0.747. The van der Waals surface area contributed by atoms with E-state index in [0.717, 1.165) is 64.2 Å². The van der Waals surface area contributed by atoms with Gasteiger partial charge in [-0.05, 0) is 50.7 Å². The van der Waals surface area contributed by atoms with Gasteiger partial charge in [0.25, 0.3) is 0 Å². The quantitative estimate of drug-likeness (QED) is 0.175. The molecule has 2 heteroatoms. The van der Waals surface area contributed by atoms with Crippen molar-refractivity contribution >= 4 is 0 Å². The molecule has 0 heterocycles. The van der Waals surface area contributed by atoms with Crippen LogP contribution < -0.4 is 0 Å². The highest BCUT2D eigenvalue weighted by Gasteiger charge is 1.91. The zero-order valence-corrected chi connectivity index (χ0v) is 19.6. The van der Waals surface area contributed by atoms with Crippen molar-refractivity contribution in [3.8, 4) is 48.4 Å². The SMILES string of the molecule is C#C[C@H](O)/C=C/CCCCCCC#CCC=CCC#CCCCCCC/C=C/[C@@H](O)C#C. The van der Waals surface area contributed by atoms with Gasteiger partial charge >= 0.3 is 0 Å². The summed E-state index contributed by atoms with van der Waals surface area (Å²) < 4.78 is 0. The summed E-state index contributed by atoms with van der Waals surface area (Å²) in [5.41, 5.74) is 0. The number of rotatable bonds is 16. The Bertz CT molecular complexity index is 670. The van der Waals surface area contributed by atoms with Gasteiger partial charge in [-0.15, -0.1) is 24.7 Å². The van der Waals surface area contributed by atoms with Crippen LogP contribution in [-0.4, -0.2) is 22.4 Å². The lowest BCUT2D eigenvalue weighted by molar-refractivity contribution is 0.280. The number of hydrogen-bond acceptors (Lipinski definition) is 2. The predicted octanol–water partition coefficient (Wildman–Crippen LogP) is 6.11. The van der Waals surface area contributed by atoms with Crippen LogP contribution >= 0.6 is 0 Å². The normalized spacial score (nSPS) is 12.6. The molecule has 0 saturated carbocycles. The van der Waals surface area contributed by atoms with Gasteiger partial charge in [0.2, 0.25) is 0 Å². The zero-order valence-electron chi connectivity index (χ0n) is 19.6. The molecule has 32 heavy (non-hydrogen) atoms. The predicted molar refractivity (Wildman–Crippen MR) is 137 cm³/mol. The lowest BCUT2D eigenvalue weighted by Gasteiger charge is -1.97. The molecule has 0 spiro atoms. The van der Waals surface area contributed by atoms with Crippen LogP contribution in [-0.2, 0) is 0 Å². The molecule has 172 valence electrons. The molecule has 0 aromatic heterocycles. The van der Waals surface area contributed by atoms with Gasteiger partial charge in [-0.2, -0.15) is 0 Å². The van der Waals surface area contributed by atoms with Gasteiger partial charge in [0, 0.05) is 25.7 Å². The van der Waals surface area contributed by atoms with Crippen molar-refractivity contribution in [2.75, 3.05) is 0 Å². The smallest absolute Gasteiger partial charge is 0.133 e. The number of allylic oxidation sites excluding steroid dienone is 4. The highest BCUT2D eigenvalue weighted by molar-refractivity contribution is 5.09. The number of hydrogen-bond donors (Lipinski definition) is 2. The van der Waals surface area contributed by atoms with Crippen molar-refractivity contribution in [3.63, 3.8) is 0 Å². The molecular formula is C30H40O2. The summed E-state index contributed by atoms with van der Waals surface area (Å²) in [4.78, 5) is 0. The fourth-order valence-corrected chi connectivity index (χ4v) is 2.83.